The average molecular weight is 349 g/mol. The first-order chi connectivity index (χ1) is 12.6. The van der Waals surface area contributed by atoms with Crippen LogP contribution in [0.2, 0.25) is 0 Å². The summed E-state index contributed by atoms with van der Waals surface area (Å²) in [5.41, 5.74) is 1.17. The molecule has 1 N–H and O–H groups in total. The summed E-state index contributed by atoms with van der Waals surface area (Å²) >= 11 is 0. The highest BCUT2D eigenvalue weighted by atomic mass is 16.5. The summed E-state index contributed by atoms with van der Waals surface area (Å²) in [5, 5.41) is 3.59. The van der Waals surface area contributed by atoms with Crippen molar-refractivity contribution >= 4 is 22.6 Å². The van der Waals surface area contributed by atoms with Crippen molar-refractivity contribution in [3.05, 3.63) is 70.6 Å². The van der Waals surface area contributed by atoms with Crippen LogP contribution in [0.15, 0.2) is 63.8 Å². The van der Waals surface area contributed by atoms with Gasteiger partial charge in [0, 0.05) is 11.6 Å². The van der Waals surface area contributed by atoms with Crippen LogP contribution in [0.3, 0.4) is 0 Å². The van der Waals surface area contributed by atoms with E-state index in [0.29, 0.717) is 28.0 Å². The molecule has 0 saturated carbocycles. The first kappa shape index (κ1) is 16.4. The topological polar surface area (TPSA) is 68.5 Å². The molecule has 132 valence electrons. The number of amides is 1. The van der Waals surface area contributed by atoms with Crippen LogP contribution >= 0.6 is 0 Å². The van der Waals surface area contributed by atoms with Gasteiger partial charge >= 0.3 is 5.63 Å². The van der Waals surface area contributed by atoms with Crippen molar-refractivity contribution in [1.82, 2.24) is 0 Å². The van der Waals surface area contributed by atoms with Crippen LogP contribution in [-0.4, -0.2) is 12.0 Å². The molecule has 1 amide bonds. The predicted octanol–water partition coefficient (Wildman–Crippen LogP) is 3.93. The monoisotopic (exact) mass is 349 g/mol. The smallest absolute Gasteiger partial charge is 0.343 e. The average Bonchev–Trinajstić information content (AvgIpc) is 3.05. The van der Waals surface area contributed by atoms with Gasteiger partial charge in [0.2, 0.25) is 0 Å². The number of anilines is 1. The molecule has 0 spiro atoms. The van der Waals surface area contributed by atoms with E-state index >= 15 is 0 Å². The van der Waals surface area contributed by atoms with E-state index in [1.165, 1.54) is 0 Å². The van der Waals surface area contributed by atoms with E-state index in [0.717, 1.165) is 0 Å². The largest absolute Gasteiger partial charge is 0.479 e. The zero-order chi connectivity index (χ0) is 18.3. The number of para-hydroxylation sites is 2. The molecule has 1 aromatic heterocycles. The fourth-order valence-electron chi connectivity index (χ4n) is 3.54. The molecule has 0 radical (unpaired) electrons. The number of ether oxygens (including phenoxy) is 1. The lowest BCUT2D eigenvalue weighted by Gasteiger charge is -2.21. The van der Waals surface area contributed by atoms with Crippen molar-refractivity contribution in [1.29, 1.82) is 0 Å². The van der Waals surface area contributed by atoms with E-state index < -0.39 is 11.7 Å². The van der Waals surface area contributed by atoms with Crippen LogP contribution in [0.25, 0.3) is 11.0 Å². The SMILES string of the molecule is CC(C)[C@@H]1c2c(c3ccccc3oc2=O)O[C@H]1C(=O)Nc1ccccc1. The maximum absolute atomic E-state index is 12.9. The molecule has 2 heterocycles. The molecular weight excluding hydrogens is 330 g/mol. The maximum Gasteiger partial charge on any atom is 0.343 e. The van der Waals surface area contributed by atoms with E-state index in [4.69, 9.17) is 9.15 Å². The van der Waals surface area contributed by atoms with E-state index in [9.17, 15) is 9.59 Å². The van der Waals surface area contributed by atoms with Gasteiger partial charge in [0.1, 0.15) is 11.3 Å². The number of nitrogens with one attached hydrogen (secondary N) is 1. The number of hydrogen-bond acceptors (Lipinski definition) is 4. The van der Waals surface area contributed by atoms with Crippen molar-refractivity contribution in [3.63, 3.8) is 0 Å². The summed E-state index contributed by atoms with van der Waals surface area (Å²) in [4.78, 5) is 25.5. The highest BCUT2D eigenvalue weighted by molar-refractivity contribution is 5.97. The number of fused-ring (bicyclic) bond motifs is 3. The summed E-state index contributed by atoms with van der Waals surface area (Å²) in [6.45, 7) is 3.95. The highest BCUT2D eigenvalue weighted by Gasteiger charge is 2.44. The Bertz CT molecular complexity index is 1020. The maximum atomic E-state index is 12.9. The molecule has 0 saturated heterocycles. The second kappa shape index (κ2) is 6.33. The zero-order valence-corrected chi connectivity index (χ0v) is 14.6. The first-order valence-electron chi connectivity index (χ1n) is 8.64. The lowest BCUT2D eigenvalue weighted by atomic mass is 9.85. The summed E-state index contributed by atoms with van der Waals surface area (Å²) < 4.78 is 11.5. The molecule has 3 aromatic rings. The molecular formula is C21H19NO4. The van der Waals surface area contributed by atoms with Crippen LogP contribution in [0.5, 0.6) is 5.75 Å². The van der Waals surface area contributed by atoms with Crippen LogP contribution < -0.4 is 15.7 Å². The Hall–Kier alpha value is -3.08. The number of carbonyl (C=O) groups excluding carboxylic acids is 1. The zero-order valence-electron chi connectivity index (χ0n) is 14.6. The fraction of sp³-hybridized carbons (Fsp3) is 0.238. The van der Waals surface area contributed by atoms with Crippen molar-refractivity contribution in [2.24, 2.45) is 5.92 Å². The minimum Gasteiger partial charge on any atom is -0.479 e. The Morgan fingerprint density at radius 3 is 2.46 bits per heavy atom. The van der Waals surface area contributed by atoms with E-state index in [1.54, 1.807) is 12.1 Å². The molecule has 2 atom stereocenters. The van der Waals surface area contributed by atoms with Gasteiger partial charge in [-0.15, -0.1) is 0 Å². The number of benzene rings is 2. The van der Waals surface area contributed by atoms with Gasteiger partial charge in [-0.25, -0.2) is 4.79 Å². The molecule has 5 nitrogen and oxygen atoms in total. The molecule has 1 aliphatic heterocycles. The fourth-order valence-corrected chi connectivity index (χ4v) is 3.54. The Morgan fingerprint density at radius 2 is 1.73 bits per heavy atom. The standard InChI is InChI=1S/C21H19NO4/c1-12(2)16-17-18(14-10-6-7-11-15(14)25-21(17)24)26-19(16)20(23)22-13-8-4-3-5-9-13/h3-12,16,19H,1-2H3,(H,22,23)/t16-,19-/m1/s1. The van der Waals surface area contributed by atoms with Crippen molar-refractivity contribution in [2.75, 3.05) is 5.32 Å². The van der Waals surface area contributed by atoms with Crippen LogP contribution in [0.1, 0.15) is 25.3 Å². The number of rotatable bonds is 3. The predicted molar refractivity (Wildman–Crippen MR) is 99.6 cm³/mol. The van der Waals surface area contributed by atoms with Gasteiger partial charge < -0.3 is 14.5 Å². The van der Waals surface area contributed by atoms with Gasteiger partial charge in [-0.1, -0.05) is 44.2 Å². The third-order valence-electron chi connectivity index (χ3n) is 4.72. The van der Waals surface area contributed by atoms with Crippen molar-refractivity contribution in [2.45, 2.75) is 25.9 Å². The third-order valence-corrected chi connectivity index (χ3v) is 4.72. The molecule has 5 heteroatoms. The molecule has 0 bridgehead atoms. The second-order valence-corrected chi connectivity index (χ2v) is 6.79. The summed E-state index contributed by atoms with van der Waals surface area (Å²) in [6.07, 6.45) is -0.779. The quantitative estimate of drug-likeness (QED) is 0.728. The molecule has 0 unspecified atom stereocenters. The van der Waals surface area contributed by atoms with Crippen molar-refractivity contribution in [3.8, 4) is 5.75 Å². The van der Waals surface area contributed by atoms with Gasteiger partial charge in [-0.3, -0.25) is 4.79 Å². The molecule has 2 aromatic carbocycles. The van der Waals surface area contributed by atoms with Crippen LogP contribution in [0.4, 0.5) is 5.69 Å². The minimum atomic E-state index is -0.779. The van der Waals surface area contributed by atoms with Gasteiger partial charge in [-0.05, 0) is 30.2 Å². The summed E-state index contributed by atoms with van der Waals surface area (Å²) in [5.74, 6) is -0.139. The van der Waals surface area contributed by atoms with Gasteiger partial charge in [-0.2, -0.15) is 0 Å². The minimum absolute atomic E-state index is 0.0341. The third kappa shape index (κ3) is 2.65. The van der Waals surface area contributed by atoms with Gasteiger partial charge in [0.15, 0.2) is 6.10 Å². The van der Waals surface area contributed by atoms with E-state index in [1.807, 2.05) is 56.3 Å². The highest BCUT2D eigenvalue weighted by Crippen LogP contribution is 2.44. The van der Waals surface area contributed by atoms with E-state index in [-0.39, 0.29) is 17.7 Å². The van der Waals surface area contributed by atoms with Crippen LogP contribution in [-0.2, 0) is 4.79 Å². The van der Waals surface area contributed by atoms with Gasteiger partial charge in [0.05, 0.1) is 10.9 Å². The Morgan fingerprint density at radius 1 is 1.04 bits per heavy atom. The summed E-state index contributed by atoms with van der Waals surface area (Å²) in [6, 6.07) is 16.4. The van der Waals surface area contributed by atoms with Crippen LogP contribution in [0, 0.1) is 5.92 Å². The first-order valence-corrected chi connectivity index (χ1v) is 8.64. The molecule has 4 rings (SSSR count). The van der Waals surface area contributed by atoms with E-state index in [2.05, 4.69) is 5.32 Å². The molecule has 0 aliphatic carbocycles. The Labute approximate surface area is 150 Å². The molecule has 1 aliphatic rings. The number of hydrogen-bond donors (Lipinski definition) is 1. The lowest BCUT2D eigenvalue weighted by molar-refractivity contribution is -0.123. The Kier molecular flexibility index (Phi) is 3.99. The lowest BCUT2D eigenvalue weighted by Crippen LogP contribution is -2.37. The summed E-state index contributed by atoms with van der Waals surface area (Å²) in [7, 11) is 0. The van der Waals surface area contributed by atoms with Gasteiger partial charge in [0.25, 0.3) is 5.91 Å². The second-order valence-electron chi connectivity index (χ2n) is 6.79. The molecule has 0 fully saturated rings. The Balaban J connectivity index is 1.77. The normalized spacial score (nSPS) is 18.6. The number of carbonyl (C=O) groups is 1. The van der Waals surface area contributed by atoms with Crippen molar-refractivity contribution < 1.29 is 13.9 Å². The molecule has 26 heavy (non-hydrogen) atoms.